The Morgan fingerprint density at radius 1 is 0.400 bits per heavy atom. The Kier molecular flexibility index (Phi) is 5.61. The summed E-state index contributed by atoms with van der Waals surface area (Å²) in [6.45, 7) is 0. The maximum Gasteiger partial charge on any atom is 0.166 e. The Bertz CT molecular complexity index is 782. The maximum atomic E-state index is 7.02. The molecule has 0 aromatic rings. The fraction of sp³-hybridized carbons (Fsp3) is 0.778. The molecule has 168 valence electrons. The summed E-state index contributed by atoms with van der Waals surface area (Å²) in [7, 11) is 0. The normalized spacial score (nSPS) is 55.6. The van der Waals surface area contributed by atoms with Crippen LogP contribution in [-0.2, 0) is 0 Å². The molecular weight excluding hydrogens is 642 g/mol. The maximum absolute atomic E-state index is 7.02. The average Bonchev–Trinajstić information content (AvgIpc) is 2.96. The number of alkyl halides is 8. The van der Waals surface area contributed by atoms with E-state index >= 15 is 0 Å². The molecule has 0 aromatic heterocycles. The van der Waals surface area contributed by atoms with E-state index in [1.54, 1.807) is 0 Å². The lowest BCUT2D eigenvalue weighted by Gasteiger charge is -2.44. The zero-order chi connectivity index (χ0) is 22.4. The second kappa shape index (κ2) is 6.83. The average molecular weight is 654 g/mol. The second-order valence-electron chi connectivity index (χ2n) is 8.83. The molecule has 0 aromatic carbocycles. The third-order valence-corrected chi connectivity index (χ3v) is 16.8. The zero-order valence-electron chi connectivity index (χ0n) is 14.7. The lowest BCUT2D eigenvalue weighted by molar-refractivity contribution is 0.175. The molecule has 0 heterocycles. The molecule has 0 unspecified atom stereocenters. The van der Waals surface area contributed by atoms with E-state index in [1.807, 2.05) is 0 Å². The van der Waals surface area contributed by atoms with Gasteiger partial charge in [0.05, 0.1) is 20.1 Å². The number of hydrogen-bond acceptors (Lipinski definition) is 0. The van der Waals surface area contributed by atoms with Crippen LogP contribution in [0, 0.1) is 23.7 Å². The predicted octanol–water partition coefficient (Wildman–Crippen LogP) is 9.72. The van der Waals surface area contributed by atoms with Crippen LogP contribution in [0.5, 0.6) is 0 Å². The van der Waals surface area contributed by atoms with Gasteiger partial charge >= 0.3 is 0 Å². The molecule has 0 spiro atoms. The van der Waals surface area contributed by atoms with Crippen molar-refractivity contribution in [1.82, 2.24) is 0 Å². The van der Waals surface area contributed by atoms with Gasteiger partial charge in [-0.2, -0.15) is 0 Å². The monoisotopic (exact) mass is 648 g/mol. The first kappa shape index (κ1) is 24.6. The Morgan fingerprint density at radius 2 is 0.567 bits per heavy atom. The summed E-state index contributed by atoms with van der Waals surface area (Å²) < 4.78 is -3.17. The van der Waals surface area contributed by atoms with E-state index in [0.717, 1.165) is 0 Å². The molecule has 5 aliphatic carbocycles. The third-order valence-electron chi connectivity index (χ3n) is 8.08. The molecule has 5 rings (SSSR count). The Balaban J connectivity index is 1.62. The largest absolute Gasteiger partial charge is 0.166 e. The van der Waals surface area contributed by atoms with E-state index in [9.17, 15) is 0 Å². The molecule has 3 saturated carbocycles. The highest BCUT2D eigenvalue weighted by Crippen LogP contribution is 2.81. The fourth-order valence-electron chi connectivity index (χ4n) is 6.73. The molecule has 0 amide bonds. The molecule has 0 radical (unpaired) electrons. The standard InChI is InChI=1S/C18H12Cl12/c19-9-10(20)15(25)7-3-4-8-6(2-1-5(7)13(9,23)17(15,27)28)14(24)11(21)12(22)16(8,26)18(14,29)30/h5-8H,1-4H2/t5-,6-,7-,8+,13+,14-,15+,16-/m0/s1. The first-order valence-electron chi connectivity index (χ1n) is 9.22. The summed E-state index contributed by atoms with van der Waals surface area (Å²) in [4.78, 5) is -5.28. The van der Waals surface area contributed by atoms with E-state index in [2.05, 4.69) is 0 Å². The van der Waals surface area contributed by atoms with Crippen molar-refractivity contribution < 1.29 is 0 Å². The summed E-state index contributed by atoms with van der Waals surface area (Å²) in [6.07, 6.45) is 2.22. The minimum absolute atomic E-state index is 0.191. The minimum atomic E-state index is -1.58. The van der Waals surface area contributed by atoms with Crippen LogP contribution in [0.1, 0.15) is 25.7 Å². The van der Waals surface area contributed by atoms with E-state index in [4.69, 9.17) is 139 Å². The Hall–Kier alpha value is 2.96. The molecule has 0 nitrogen and oxygen atoms in total. The van der Waals surface area contributed by atoms with E-state index < -0.39 is 28.2 Å². The zero-order valence-corrected chi connectivity index (χ0v) is 23.7. The predicted molar refractivity (Wildman–Crippen MR) is 133 cm³/mol. The molecule has 0 aliphatic heterocycles. The molecule has 0 N–H and O–H groups in total. The molecular formula is C18H12Cl12. The van der Waals surface area contributed by atoms with Crippen LogP contribution in [0.2, 0.25) is 0 Å². The number of rotatable bonds is 0. The molecule has 5 aliphatic rings. The van der Waals surface area contributed by atoms with Gasteiger partial charge < -0.3 is 0 Å². The van der Waals surface area contributed by atoms with Crippen molar-refractivity contribution in [3.05, 3.63) is 20.1 Å². The first-order chi connectivity index (χ1) is 13.6. The highest BCUT2D eigenvalue weighted by Gasteiger charge is 2.85. The lowest BCUT2D eigenvalue weighted by atomic mass is 9.67. The summed E-state index contributed by atoms with van der Waals surface area (Å²) in [5.41, 5.74) is 0. The minimum Gasteiger partial charge on any atom is -0.109 e. The van der Waals surface area contributed by atoms with Crippen LogP contribution in [-0.4, -0.2) is 28.2 Å². The van der Waals surface area contributed by atoms with Gasteiger partial charge in [0.1, 0.15) is 19.5 Å². The van der Waals surface area contributed by atoms with Crippen LogP contribution < -0.4 is 0 Å². The highest BCUT2D eigenvalue weighted by atomic mass is 35.5. The third kappa shape index (κ3) is 2.18. The molecule has 8 atom stereocenters. The number of halogens is 12. The van der Waals surface area contributed by atoms with Crippen molar-refractivity contribution >= 4 is 139 Å². The van der Waals surface area contributed by atoms with Crippen LogP contribution in [0.25, 0.3) is 0 Å². The van der Waals surface area contributed by atoms with Gasteiger partial charge in [-0.15, -0.1) is 46.4 Å². The van der Waals surface area contributed by atoms with Crippen molar-refractivity contribution in [2.75, 3.05) is 0 Å². The molecule has 3 fully saturated rings. The number of hydrogen-bond donors (Lipinski definition) is 0. The molecule has 4 bridgehead atoms. The summed E-state index contributed by atoms with van der Waals surface area (Å²) >= 11 is 81.3. The van der Waals surface area contributed by atoms with Crippen molar-refractivity contribution in [2.24, 2.45) is 23.7 Å². The number of fused-ring (bicyclic) bond motifs is 10. The summed E-state index contributed by atoms with van der Waals surface area (Å²) in [5.74, 6) is -0.976. The Morgan fingerprint density at radius 3 is 0.733 bits per heavy atom. The second-order valence-corrected chi connectivity index (χ2v) is 15.4. The van der Waals surface area contributed by atoms with Crippen LogP contribution >= 0.6 is 139 Å². The topological polar surface area (TPSA) is 0 Å². The molecule has 12 heteroatoms. The van der Waals surface area contributed by atoms with Crippen molar-refractivity contribution in [3.8, 4) is 0 Å². The Labute approximate surface area is 234 Å². The van der Waals surface area contributed by atoms with E-state index in [0.29, 0.717) is 25.7 Å². The van der Waals surface area contributed by atoms with Gasteiger partial charge in [0.15, 0.2) is 8.67 Å². The first-order valence-corrected chi connectivity index (χ1v) is 13.8. The summed E-state index contributed by atoms with van der Waals surface area (Å²) in [6, 6.07) is 0. The SMILES string of the molecule is ClC1=C(Cl)[C@@]2(Cl)[C@H]3CC[C@H]4[C@H](CC[C@H]3[C@@]1(Cl)C2(Cl)Cl)[C@@]1(Cl)C(Cl)=C(Cl)[C@@]4(Cl)C1(Cl)Cl. The molecule has 30 heavy (non-hydrogen) atoms. The van der Waals surface area contributed by atoms with E-state index in [1.165, 1.54) is 0 Å². The van der Waals surface area contributed by atoms with Gasteiger partial charge in [-0.3, -0.25) is 0 Å². The van der Waals surface area contributed by atoms with Crippen molar-refractivity contribution in [3.63, 3.8) is 0 Å². The van der Waals surface area contributed by atoms with Crippen LogP contribution in [0.15, 0.2) is 20.1 Å². The van der Waals surface area contributed by atoms with E-state index in [-0.39, 0.29) is 43.8 Å². The quantitative estimate of drug-likeness (QED) is 0.229. The van der Waals surface area contributed by atoms with Gasteiger partial charge in [-0.25, -0.2) is 0 Å². The van der Waals surface area contributed by atoms with Crippen LogP contribution in [0.4, 0.5) is 0 Å². The molecule has 0 saturated heterocycles. The van der Waals surface area contributed by atoms with Gasteiger partial charge in [0, 0.05) is 0 Å². The van der Waals surface area contributed by atoms with Crippen LogP contribution in [0.3, 0.4) is 0 Å². The lowest BCUT2D eigenvalue weighted by Crippen LogP contribution is -2.45. The van der Waals surface area contributed by atoms with Crippen molar-refractivity contribution in [1.29, 1.82) is 0 Å². The van der Waals surface area contributed by atoms with Crippen molar-refractivity contribution in [2.45, 2.75) is 53.8 Å². The highest BCUT2D eigenvalue weighted by molar-refractivity contribution is 6.66. The van der Waals surface area contributed by atoms with Gasteiger partial charge in [0.2, 0.25) is 0 Å². The number of allylic oxidation sites excluding steroid dienone is 4. The van der Waals surface area contributed by atoms with Gasteiger partial charge in [-0.05, 0) is 49.4 Å². The van der Waals surface area contributed by atoms with Gasteiger partial charge in [-0.1, -0.05) is 92.8 Å². The fourth-order valence-corrected chi connectivity index (χ4v) is 13.0. The summed E-state index contributed by atoms with van der Waals surface area (Å²) in [5, 5.41) is 0.765. The smallest absolute Gasteiger partial charge is 0.109 e. The van der Waals surface area contributed by atoms with Gasteiger partial charge in [0.25, 0.3) is 0 Å².